The largest absolute Gasteiger partial charge is 0.489 e. The molecule has 1 N–H and O–H groups in total. The molecule has 5 heteroatoms. The highest BCUT2D eigenvalue weighted by atomic mass is 16.5. The number of hydrogen-bond donors (Lipinski definition) is 1. The van der Waals surface area contributed by atoms with Crippen molar-refractivity contribution in [1.29, 1.82) is 0 Å². The van der Waals surface area contributed by atoms with Crippen molar-refractivity contribution in [2.45, 2.75) is 26.4 Å². The molecule has 2 aromatic rings. The van der Waals surface area contributed by atoms with Crippen LogP contribution in [-0.4, -0.2) is 35.0 Å². The maximum atomic E-state index is 12.3. The van der Waals surface area contributed by atoms with Gasteiger partial charge in [0, 0.05) is 12.1 Å². The van der Waals surface area contributed by atoms with Crippen LogP contribution in [0.15, 0.2) is 54.6 Å². The fourth-order valence-corrected chi connectivity index (χ4v) is 2.33. The quantitative estimate of drug-likeness (QED) is 0.693. The molecular weight excluding hydrogens is 318 g/mol. The molecule has 2 aromatic carbocycles. The first kappa shape index (κ1) is 18.5. The third-order valence-electron chi connectivity index (χ3n) is 3.81. The Labute approximate surface area is 147 Å². The number of unbranched alkanes of at least 4 members (excludes halogenated alkanes) is 1. The van der Waals surface area contributed by atoms with E-state index in [1.807, 2.05) is 37.3 Å². The maximum Gasteiger partial charge on any atom is 0.407 e. The molecule has 25 heavy (non-hydrogen) atoms. The minimum atomic E-state index is -1.07. The second-order valence-corrected chi connectivity index (χ2v) is 5.78. The van der Waals surface area contributed by atoms with Crippen molar-refractivity contribution in [1.82, 2.24) is 4.90 Å². The van der Waals surface area contributed by atoms with Gasteiger partial charge in [0.1, 0.15) is 12.4 Å². The van der Waals surface area contributed by atoms with Crippen LogP contribution in [0, 0.1) is 0 Å². The Morgan fingerprint density at radius 3 is 2.32 bits per heavy atom. The van der Waals surface area contributed by atoms with Gasteiger partial charge in [0.05, 0.1) is 6.54 Å². The van der Waals surface area contributed by atoms with E-state index in [0.717, 1.165) is 23.3 Å². The van der Waals surface area contributed by atoms with Gasteiger partial charge in [-0.1, -0.05) is 43.7 Å². The monoisotopic (exact) mass is 341 g/mol. The third-order valence-corrected chi connectivity index (χ3v) is 3.81. The molecular formula is C20H23NO4. The summed E-state index contributed by atoms with van der Waals surface area (Å²) in [5.74, 6) is 0.453. The Hall–Kier alpha value is -2.82. The van der Waals surface area contributed by atoms with Crippen LogP contribution in [0.25, 0.3) is 0 Å². The summed E-state index contributed by atoms with van der Waals surface area (Å²) >= 11 is 0. The van der Waals surface area contributed by atoms with Gasteiger partial charge in [-0.15, -0.1) is 0 Å². The molecule has 0 saturated heterocycles. The number of carbonyl (C=O) groups is 2. The van der Waals surface area contributed by atoms with Crippen molar-refractivity contribution >= 4 is 11.9 Å². The summed E-state index contributed by atoms with van der Waals surface area (Å²) in [6, 6.07) is 16.6. The van der Waals surface area contributed by atoms with Crippen molar-refractivity contribution in [2.75, 3.05) is 13.1 Å². The van der Waals surface area contributed by atoms with Crippen LogP contribution < -0.4 is 4.74 Å². The molecule has 5 nitrogen and oxygen atoms in total. The lowest BCUT2D eigenvalue weighted by Crippen LogP contribution is -2.35. The Morgan fingerprint density at radius 2 is 1.72 bits per heavy atom. The van der Waals surface area contributed by atoms with E-state index < -0.39 is 6.09 Å². The van der Waals surface area contributed by atoms with Crippen LogP contribution in [-0.2, 0) is 6.61 Å². The van der Waals surface area contributed by atoms with Crippen molar-refractivity contribution in [3.63, 3.8) is 0 Å². The molecule has 0 aliphatic rings. The Kier molecular flexibility index (Phi) is 7.01. The maximum absolute atomic E-state index is 12.3. The number of hydrogen-bond acceptors (Lipinski definition) is 3. The summed E-state index contributed by atoms with van der Waals surface area (Å²) in [6.45, 7) is 2.68. The lowest BCUT2D eigenvalue weighted by molar-refractivity contribution is 0.0906. The van der Waals surface area contributed by atoms with Crippen LogP contribution in [0.1, 0.15) is 35.7 Å². The molecule has 0 aliphatic carbocycles. The van der Waals surface area contributed by atoms with Crippen LogP contribution >= 0.6 is 0 Å². The summed E-state index contributed by atoms with van der Waals surface area (Å²) in [4.78, 5) is 24.6. The van der Waals surface area contributed by atoms with E-state index in [1.54, 1.807) is 24.3 Å². The van der Waals surface area contributed by atoms with E-state index in [0.29, 0.717) is 24.5 Å². The molecule has 0 heterocycles. The minimum Gasteiger partial charge on any atom is -0.489 e. The Balaban J connectivity index is 1.91. The average molecular weight is 341 g/mol. The lowest BCUT2D eigenvalue weighted by Gasteiger charge is -2.18. The molecule has 0 saturated carbocycles. The summed E-state index contributed by atoms with van der Waals surface area (Å²) in [6.07, 6.45) is 0.557. The molecule has 0 bridgehead atoms. The molecule has 0 unspecified atom stereocenters. The zero-order valence-corrected chi connectivity index (χ0v) is 14.4. The standard InChI is InChI=1S/C20H23NO4/c1-2-3-13-21(20(23)24)14-19(22)17-9-11-18(12-10-17)25-15-16-7-5-4-6-8-16/h4-12H,2-3,13-15H2,1H3,(H,23,24). The van der Waals surface area contributed by atoms with Gasteiger partial charge in [0.25, 0.3) is 0 Å². The van der Waals surface area contributed by atoms with E-state index in [2.05, 4.69) is 0 Å². The first-order valence-electron chi connectivity index (χ1n) is 8.38. The van der Waals surface area contributed by atoms with E-state index in [4.69, 9.17) is 4.74 Å². The van der Waals surface area contributed by atoms with Crippen molar-refractivity contribution in [3.05, 3.63) is 65.7 Å². The molecule has 132 valence electrons. The van der Waals surface area contributed by atoms with Crippen molar-refractivity contribution < 1.29 is 19.4 Å². The van der Waals surface area contributed by atoms with Gasteiger partial charge in [-0.3, -0.25) is 4.79 Å². The van der Waals surface area contributed by atoms with Crippen LogP contribution in [0.3, 0.4) is 0 Å². The highest BCUT2D eigenvalue weighted by Crippen LogP contribution is 2.15. The summed E-state index contributed by atoms with van der Waals surface area (Å²) in [5.41, 5.74) is 1.55. The topological polar surface area (TPSA) is 66.8 Å². The van der Waals surface area contributed by atoms with Gasteiger partial charge in [-0.25, -0.2) is 4.79 Å². The zero-order chi connectivity index (χ0) is 18.1. The molecule has 1 amide bonds. The number of rotatable bonds is 9. The van der Waals surface area contributed by atoms with Gasteiger partial charge in [-0.05, 0) is 36.2 Å². The van der Waals surface area contributed by atoms with Crippen LogP contribution in [0.2, 0.25) is 0 Å². The Morgan fingerprint density at radius 1 is 1.04 bits per heavy atom. The summed E-state index contributed by atoms with van der Waals surface area (Å²) < 4.78 is 5.68. The van der Waals surface area contributed by atoms with Gasteiger partial charge in [-0.2, -0.15) is 0 Å². The number of Topliss-reactive ketones (excluding diaryl/α,β-unsaturated/α-hetero) is 1. The van der Waals surface area contributed by atoms with E-state index in [9.17, 15) is 14.7 Å². The smallest absolute Gasteiger partial charge is 0.407 e. The molecule has 0 aromatic heterocycles. The predicted molar refractivity (Wildman–Crippen MR) is 96.1 cm³/mol. The highest BCUT2D eigenvalue weighted by molar-refractivity contribution is 5.98. The number of ketones is 1. The first-order chi connectivity index (χ1) is 12.1. The van der Waals surface area contributed by atoms with E-state index >= 15 is 0 Å². The summed E-state index contributed by atoms with van der Waals surface area (Å²) in [5, 5.41) is 9.17. The summed E-state index contributed by atoms with van der Waals surface area (Å²) in [7, 11) is 0. The third kappa shape index (κ3) is 5.95. The first-order valence-corrected chi connectivity index (χ1v) is 8.38. The highest BCUT2D eigenvalue weighted by Gasteiger charge is 2.16. The van der Waals surface area contributed by atoms with Crippen LogP contribution in [0.5, 0.6) is 5.75 Å². The number of carbonyl (C=O) groups excluding carboxylic acids is 1. The molecule has 0 fully saturated rings. The zero-order valence-electron chi connectivity index (χ0n) is 14.4. The molecule has 2 rings (SSSR count). The van der Waals surface area contributed by atoms with Crippen LogP contribution in [0.4, 0.5) is 4.79 Å². The molecule has 0 spiro atoms. The lowest BCUT2D eigenvalue weighted by atomic mass is 10.1. The average Bonchev–Trinajstić information content (AvgIpc) is 2.64. The number of amides is 1. The van der Waals surface area contributed by atoms with Crippen molar-refractivity contribution in [2.24, 2.45) is 0 Å². The molecule has 0 atom stereocenters. The number of carboxylic acid groups (broad SMARTS) is 1. The van der Waals surface area contributed by atoms with Gasteiger partial charge in [0.2, 0.25) is 0 Å². The fourth-order valence-electron chi connectivity index (χ4n) is 2.33. The van der Waals surface area contributed by atoms with E-state index in [1.165, 1.54) is 0 Å². The normalized spacial score (nSPS) is 10.3. The van der Waals surface area contributed by atoms with Gasteiger partial charge < -0.3 is 14.7 Å². The number of ether oxygens (including phenoxy) is 1. The fraction of sp³-hybridized carbons (Fsp3) is 0.300. The van der Waals surface area contributed by atoms with Gasteiger partial charge in [0.15, 0.2) is 5.78 Å². The second-order valence-electron chi connectivity index (χ2n) is 5.78. The minimum absolute atomic E-state index is 0.125. The van der Waals surface area contributed by atoms with Crippen molar-refractivity contribution in [3.8, 4) is 5.75 Å². The molecule has 0 radical (unpaired) electrons. The number of nitrogens with zero attached hydrogens (tertiary/aromatic N) is 1. The second kappa shape index (κ2) is 9.47. The Bertz CT molecular complexity index is 683. The predicted octanol–water partition coefficient (Wildman–Crippen LogP) is 4.23. The van der Waals surface area contributed by atoms with Gasteiger partial charge >= 0.3 is 6.09 Å². The number of benzene rings is 2. The molecule has 0 aliphatic heterocycles. The van der Waals surface area contributed by atoms with E-state index in [-0.39, 0.29) is 12.3 Å². The SMILES string of the molecule is CCCCN(CC(=O)c1ccc(OCc2ccccc2)cc1)C(=O)O.